The maximum atomic E-state index is 6.74. The zero-order valence-electron chi connectivity index (χ0n) is 19.8. The molecule has 0 fully saturated rings. The molecule has 0 aliphatic heterocycles. The minimum absolute atomic E-state index is 0.0297. The van der Waals surface area contributed by atoms with Crippen LogP contribution >= 0.6 is 0 Å². The molecule has 0 radical (unpaired) electrons. The summed E-state index contributed by atoms with van der Waals surface area (Å²) in [4.78, 5) is 0. The standard InChI is InChI=1S/C22H46O3Si2/c1-13-15-17-23-20(18-24-26(9,10)21(3,4)5)19(16-14-2)25-27(11,12)22(6,7)8/h13-14,19-20H,1-2,15-18H2,3-12H3/t19-,20-/m0/s1. The van der Waals surface area contributed by atoms with Crippen LogP contribution in [0, 0.1) is 0 Å². The summed E-state index contributed by atoms with van der Waals surface area (Å²) in [6, 6.07) is 0. The molecule has 0 amide bonds. The highest BCUT2D eigenvalue weighted by molar-refractivity contribution is 6.74. The van der Waals surface area contributed by atoms with E-state index in [-0.39, 0.29) is 22.3 Å². The smallest absolute Gasteiger partial charge is 0.192 e. The van der Waals surface area contributed by atoms with Crippen LogP contribution in [-0.4, -0.2) is 42.1 Å². The average molecular weight is 415 g/mol. The van der Waals surface area contributed by atoms with Gasteiger partial charge in [-0.05, 0) is 49.1 Å². The number of ether oxygens (including phenoxy) is 1. The quantitative estimate of drug-likeness (QED) is 0.197. The Kier molecular flexibility index (Phi) is 10.5. The van der Waals surface area contributed by atoms with Crippen molar-refractivity contribution in [2.24, 2.45) is 0 Å². The van der Waals surface area contributed by atoms with Crippen molar-refractivity contribution in [2.45, 2.75) is 103 Å². The van der Waals surface area contributed by atoms with Crippen molar-refractivity contribution in [3.05, 3.63) is 25.3 Å². The summed E-state index contributed by atoms with van der Waals surface area (Å²) in [6.45, 7) is 31.7. The second kappa shape index (κ2) is 10.5. The Bertz CT molecular complexity index is 459. The van der Waals surface area contributed by atoms with Gasteiger partial charge in [-0.3, -0.25) is 0 Å². The SMILES string of the molecule is C=CCCO[C@@H](CO[Si](C)(C)C(C)(C)C)[C@H](CC=C)O[Si](C)(C)C(C)(C)C. The lowest BCUT2D eigenvalue weighted by Crippen LogP contribution is -2.50. The molecule has 0 aliphatic rings. The van der Waals surface area contributed by atoms with Gasteiger partial charge in [-0.25, -0.2) is 0 Å². The van der Waals surface area contributed by atoms with Crippen LogP contribution < -0.4 is 0 Å². The van der Waals surface area contributed by atoms with E-state index in [2.05, 4.69) is 80.9 Å². The Balaban J connectivity index is 5.44. The Hall–Kier alpha value is -0.206. The first kappa shape index (κ1) is 26.8. The van der Waals surface area contributed by atoms with Gasteiger partial charge in [0, 0.05) is 0 Å². The summed E-state index contributed by atoms with van der Waals surface area (Å²) >= 11 is 0. The van der Waals surface area contributed by atoms with Crippen molar-refractivity contribution in [2.75, 3.05) is 13.2 Å². The third kappa shape index (κ3) is 8.78. The van der Waals surface area contributed by atoms with Gasteiger partial charge < -0.3 is 13.6 Å². The van der Waals surface area contributed by atoms with Crippen molar-refractivity contribution < 1.29 is 13.6 Å². The predicted octanol–water partition coefficient (Wildman–Crippen LogP) is 6.94. The number of hydrogen-bond acceptors (Lipinski definition) is 3. The van der Waals surface area contributed by atoms with Gasteiger partial charge in [-0.2, -0.15) is 0 Å². The highest BCUT2D eigenvalue weighted by atomic mass is 28.4. The lowest BCUT2D eigenvalue weighted by Gasteiger charge is -2.42. The van der Waals surface area contributed by atoms with Gasteiger partial charge in [0.15, 0.2) is 16.6 Å². The molecule has 0 N–H and O–H groups in total. The van der Waals surface area contributed by atoms with Gasteiger partial charge in [-0.1, -0.05) is 53.7 Å². The largest absolute Gasteiger partial charge is 0.414 e. The molecule has 5 heteroatoms. The van der Waals surface area contributed by atoms with Gasteiger partial charge in [0.25, 0.3) is 0 Å². The van der Waals surface area contributed by atoms with Crippen LogP contribution in [0.25, 0.3) is 0 Å². The Morgan fingerprint density at radius 1 is 0.815 bits per heavy atom. The molecule has 3 nitrogen and oxygen atoms in total. The number of hydrogen-bond donors (Lipinski definition) is 0. The maximum absolute atomic E-state index is 6.74. The zero-order valence-corrected chi connectivity index (χ0v) is 21.8. The Morgan fingerprint density at radius 2 is 1.33 bits per heavy atom. The van der Waals surface area contributed by atoms with Crippen molar-refractivity contribution >= 4 is 16.6 Å². The molecule has 0 rings (SSSR count). The maximum Gasteiger partial charge on any atom is 0.192 e. The third-order valence-electron chi connectivity index (χ3n) is 6.13. The monoisotopic (exact) mass is 414 g/mol. The van der Waals surface area contributed by atoms with E-state index in [0.29, 0.717) is 13.2 Å². The highest BCUT2D eigenvalue weighted by Crippen LogP contribution is 2.39. The molecule has 2 atom stereocenters. The zero-order chi connectivity index (χ0) is 21.5. The van der Waals surface area contributed by atoms with Crippen LogP contribution in [0.2, 0.25) is 36.3 Å². The fourth-order valence-corrected chi connectivity index (χ4v) is 4.44. The molecule has 0 heterocycles. The normalized spacial score (nSPS) is 16.1. The molecule has 0 aromatic carbocycles. The van der Waals surface area contributed by atoms with Crippen molar-refractivity contribution in [3.8, 4) is 0 Å². The minimum atomic E-state index is -1.92. The van der Waals surface area contributed by atoms with Crippen LogP contribution in [0.1, 0.15) is 54.4 Å². The van der Waals surface area contributed by atoms with E-state index in [0.717, 1.165) is 12.8 Å². The Morgan fingerprint density at radius 3 is 1.74 bits per heavy atom. The van der Waals surface area contributed by atoms with E-state index in [4.69, 9.17) is 13.6 Å². The molecule has 0 spiro atoms. The fourth-order valence-electron chi connectivity index (χ4n) is 2.07. The van der Waals surface area contributed by atoms with Crippen LogP contribution in [0.3, 0.4) is 0 Å². The van der Waals surface area contributed by atoms with Gasteiger partial charge in [0.2, 0.25) is 0 Å². The molecule has 0 aromatic heterocycles. The topological polar surface area (TPSA) is 27.7 Å². The minimum Gasteiger partial charge on any atom is -0.414 e. The fraction of sp³-hybridized carbons (Fsp3) is 0.818. The summed E-state index contributed by atoms with van der Waals surface area (Å²) in [7, 11) is -3.77. The predicted molar refractivity (Wildman–Crippen MR) is 125 cm³/mol. The summed E-state index contributed by atoms with van der Waals surface area (Å²) in [6.07, 6.45) is 5.31. The molecule has 160 valence electrons. The van der Waals surface area contributed by atoms with Gasteiger partial charge >= 0.3 is 0 Å². The second-order valence-corrected chi connectivity index (χ2v) is 20.1. The lowest BCUT2D eigenvalue weighted by molar-refractivity contribution is -0.0523. The van der Waals surface area contributed by atoms with Crippen LogP contribution in [0.4, 0.5) is 0 Å². The summed E-state index contributed by atoms with van der Waals surface area (Å²) < 4.78 is 19.5. The van der Waals surface area contributed by atoms with E-state index in [9.17, 15) is 0 Å². The van der Waals surface area contributed by atoms with Gasteiger partial charge in [0.05, 0.1) is 19.3 Å². The van der Waals surface area contributed by atoms with Crippen molar-refractivity contribution in [1.82, 2.24) is 0 Å². The summed E-state index contributed by atoms with van der Waals surface area (Å²) in [5.41, 5.74) is 0. The van der Waals surface area contributed by atoms with E-state index < -0.39 is 16.6 Å². The van der Waals surface area contributed by atoms with Crippen molar-refractivity contribution in [3.63, 3.8) is 0 Å². The molecule has 0 bridgehead atoms. The van der Waals surface area contributed by atoms with Gasteiger partial charge in [-0.15, -0.1) is 13.2 Å². The second-order valence-electron chi connectivity index (χ2n) is 10.5. The van der Waals surface area contributed by atoms with Crippen molar-refractivity contribution in [1.29, 1.82) is 0 Å². The molecule has 0 aliphatic carbocycles. The van der Waals surface area contributed by atoms with Crippen LogP contribution in [-0.2, 0) is 13.6 Å². The first-order valence-electron chi connectivity index (χ1n) is 10.2. The van der Waals surface area contributed by atoms with Crippen LogP contribution in [0.15, 0.2) is 25.3 Å². The van der Waals surface area contributed by atoms with Crippen LogP contribution in [0.5, 0.6) is 0 Å². The first-order chi connectivity index (χ1) is 12.1. The molecule has 0 saturated carbocycles. The van der Waals surface area contributed by atoms with E-state index in [1.807, 2.05) is 12.2 Å². The van der Waals surface area contributed by atoms with Gasteiger partial charge in [0.1, 0.15) is 6.10 Å². The number of rotatable bonds is 12. The molecule has 0 aromatic rings. The lowest BCUT2D eigenvalue weighted by atomic mass is 10.1. The molecular weight excluding hydrogens is 368 g/mol. The highest BCUT2D eigenvalue weighted by Gasteiger charge is 2.42. The molecular formula is C22H46O3Si2. The molecule has 27 heavy (non-hydrogen) atoms. The van der Waals surface area contributed by atoms with E-state index in [1.165, 1.54) is 0 Å². The summed E-state index contributed by atoms with van der Waals surface area (Å²) in [5, 5.41) is 0.325. The molecule has 0 saturated heterocycles. The van der Waals surface area contributed by atoms with E-state index in [1.54, 1.807) is 0 Å². The summed E-state index contributed by atoms with van der Waals surface area (Å²) in [5.74, 6) is 0. The van der Waals surface area contributed by atoms with E-state index >= 15 is 0 Å². The third-order valence-corrected chi connectivity index (χ3v) is 15.1. The molecule has 0 unspecified atom stereocenters. The first-order valence-corrected chi connectivity index (χ1v) is 16.1. The average Bonchev–Trinajstić information content (AvgIpc) is 2.47. The Labute approximate surface area is 171 Å².